The highest BCUT2D eigenvalue weighted by molar-refractivity contribution is 5.93. The molecule has 0 bridgehead atoms. The number of benzene rings is 2. The number of aryl methyl sites for hydroxylation is 1. The molecule has 2 aromatic carbocycles. The monoisotopic (exact) mass is 311 g/mol. The Labute approximate surface area is 132 Å². The Morgan fingerprint density at radius 3 is 2.57 bits per heavy atom. The normalized spacial score (nSPS) is 10.7. The summed E-state index contributed by atoms with van der Waals surface area (Å²) < 4.78 is 15.6. The molecule has 0 spiro atoms. The van der Waals surface area contributed by atoms with E-state index in [9.17, 15) is 14.3 Å². The predicted molar refractivity (Wildman–Crippen MR) is 83.1 cm³/mol. The first kappa shape index (κ1) is 14.9. The van der Waals surface area contributed by atoms with Crippen molar-refractivity contribution in [2.75, 3.05) is 0 Å². The van der Waals surface area contributed by atoms with Gasteiger partial charge in [-0.2, -0.15) is 0 Å². The molecule has 3 aromatic rings. The minimum Gasteiger partial charge on any atom is -0.476 e. The quantitative estimate of drug-likeness (QED) is 0.802. The lowest BCUT2D eigenvalue weighted by Gasteiger charge is -2.11. The molecule has 0 unspecified atom stereocenters. The molecule has 0 aliphatic rings. The molecular weight excluding hydrogens is 297 g/mol. The van der Waals surface area contributed by atoms with Crippen LogP contribution >= 0.6 is 0 Å². The van der Waals surface area contributed by atoms with Crippen molar-refractivity contribution < 1.29 is 14.3 Å². The van der Waals surface area contributed by atoms with Gasteiger partial charge in [-0.3, -0.25) is 0 Å². The highest BCUT2D eigenvalue weighted by Crippen LogP contribution is 2.28. The number of hydrogen-bond acceptors (Lipinski definition) is 3. The van der Waals surface area contributed by atoms with Crippen molar-refractivity contribution in [2.45, 2.75) is 13.3 Å². The Morgan fingerprint density at radius 1 is 1.17 bits per heavy atom. The van der Waals surface area contributed by atoms with Crippen molar-refractivity contribution in [3.05, 3.63) is 65.6 Å². The highest BCUT2D eigenvalue weighted by atomic mass is 19.1. The fourth-order valence-electron chi connectivity index (χ4n) is 2.51. The number of hydrogen-bond donors (Lipinski definition) is 1. The molecule has 1 aromatic heterocycles. The first-order valence-electron chi connectivity index (χ1n) is 7.15. The number of carbonyl (C=O) groups is 1. The third-order valence-corrected chi connectivity index (χ3v) is 3.60. The predicted octanol–water partition coefficient (Wildman–Crippen LogP) is 3.33. The Kier molecular flexibility index (Phi) is 3.89. The minimum atomic E-state index is -1.25. The van der Waals surface area contributed by atoms with Crippen LogP contribution in [0, 0.1) is 5.82 Å². The van der Waals surface area contributed by atoms with E-state index in [2.05, 4.69) is 10.3 Å². The van der Waals surface area contributed by atoms with E-state index in [4.69, 9.17) is 0 Å². The van der Waals surface area contributed by atoms with Gasteiger partial charge in [0.05, 0.1) is 5.69 Å². The van der Waals surface area contributed by atoms with E-state index >= 15 is 0 Å². The Bertz CT molecular complexity index is 874. The molecule has 0 aliphatic carbocycles. The Hall–Kier alpha value is -3.02. The van der Waals surface area contributed by atoms with Gasteiger partial charge in [-0.25, -0.2) is 13.9 Å². The molecule has 0 fully saturated rings. The van der Waals surface area contributed by atoms with Crippen molar-refractivity contribution in [1.82, 2.24) is 15.0 Å². The summed E-state index contributed by atoms with van der Waals surface area (Å²) in [6.07, 6.45) is 0.731. The van der Waals surface area contributed by atoms with Gasteiger partial charge < -0.3 is 5.11 Å². The molecule has 5 nitrogen and oxygen atoms in total. The van der Waals surface area contributed by atoms with Crippen molar-refractivity contribution in [3.63, 3.8) is 0 Å². The number of nitrogens with zero attached hydrogens (tertiary/aromatic N) is 3. The molecule has 1 N–H and O–H groups in total. The third-order valence-electron chi connectivity index (χ3n) is 3.60. The van der Waals surface area contributed by atoms with Gasteiger partial charge >= 0.3 is 5.97 Å². The molecule has 0 saturated carbocycles. The van der Waals surface area contributed by atoms with Crippen LogP contribution in [0.3, 0.4) is 0 Å². The molecule has 0 aliphatic heterocycles. The van der Waals surface area contributed by atoms with Crippen LogP contribution in [0.2, 0.25) is 0 Å². The summed E-state index contributed by atoms with van der Waals surface area (Å²) in [6.45, 7) is 1.98. The number of carboxylic acids is 1. The number of rotatable bonds is 4. The maximum absolute atomic E-state index is 14.2. The Balaban J connectivity index is 2.32. The average Bonchev–Trinajstić information content (AvgIpc) is 3.00. The van der Waals surface area contributed by atoms with E-state index in [1.807, 2.05) is 31.2 Å². The van der Waals surface area contributed by atoms with Crippen LogP contribution in [0.4, 0.5) is 4.39 Å². The molecule has 1 heterocycles. The molecular formula is C17H14FN3O2. The average molecular weight is 311 g/mol. The van der Waals surface area contributed by atoms with Crippen LogP contribution < -0.4 is 0 Å². The standard InChI is InChI=1S/C17H14FN3O2/c1-2-11-7-3-6-10-14(11)21-16(15(17(22)23)19-20-21)12-8-4-5-9-13(12)18/h3-10H,2H2,1H3,(H,22,23). The summed E-state index contributed by atoms with van der Waals surface area (Å²) in [5.41, 5.74) is 1.67. The smallest absolute Gasteiger partial charge is 0.358 e. The van der Waals surface area contributed by atoms with E-state index in [1.54, 1.807) is 12.1 Å². The number of para-hydroxylation sites is 1. The second-order valence-corrected chi connectivity index (χ2v) is 4.97. The minimum absolute atomic E-state index is 0.136. The van der Waals surface area contributed by atoms with Crippen LogP contribution in [-0.2, 0) is 6.42 Å². The van der Waals surface area contributed by atoms with E-state index in [0.717, 1.165) is 12.0 Å². The van der Waals surface area contributed by atoms with Gasteiger partial charge in [0.15, 0.2) is 5.69 Å². The summed E-state index contributed by atoms with van der Waals surface area (Å²) in [6, 6.07) is 13.4. The zero-order valence-corrected chi connectivity index (χ0v) is 12.4. The molecule has 6 heteroatoms. The first-order valence-corrected chi connectivity index (χ1v) is 7.15. The molecule has 0 amide bonds. The van der Waals surface area contributed by atoms with Gasteiger partial charge in [0.1, 0.15) is 11.5 Å². The number of halogens is 1. The van der Waals surface area contributed by atoms with Crippen molar-refractivity contribution in [1.29, 1.82) is 0 Å². The van der Waals surface area contributed by atoms with Gasteiger partial charge in [-0.05, 0) is 30.2 Å². The Morgan fingerprint density at radius 2 is 1.87 bits per heavy atom. The van der Waals surface area contributed by atoms with Crippen molar-refractivity contribution in [3.8, 4) is 16.9 Å². The van der Waals surface area contributed by atoms with Crippen molar-refractivity contribution >= 4 is 5.97 Å². The van der Waals surface area contributed by atoms with Crippen LogP contribution in [0.25, 0.3) is 16.9 Å². The fourth-order valence-corrected chi connectivity index (χ4v) is 2.51. The van der Waals surface area contributed by atoms with Crippen LogP contribution in [0.5, 0.6) is 0 Å². The van der Waals surface area contributed by atoms with E-state index in [-0.39, 0.29) is 17.0 Å². The molecule has 0 saturated heterocycles. The maximum atomic E-state index is 14.2. The zero-order chi connectivity index (χ0) is 16.4. The first-order chi connectivity index (χ1) is 11.1. The summed E-state index contributed by atoms with van der Waals surface area (Å²) in [5, 5.41) is 17.1. The van der Waals surface area contributed by atoms with Crippen LogP contribution in [0.15, 0.2) is 48.5 Å². The van der Waals surface area contributed by atoms with E-state index < -0.39 is 11.8 Å². The second kappa shape index (κ2) is 6.00. The number of aromatic nitrogens is 3. The lowest BCUT2D eigenvalue weighted by Crippen LogP contribution is -2.06. The SMILES string of the molecule is CCc1ccccc1-n1nnc(C(=O)O)c1-c1ccccc1F. The second-order valence-electron chi connectivity index (χ2n) is 4.97. The lowest BCUT2D eigenvalue weighted by atomic mass is 10.1. The molecule has 0 atom stereocenters. The van der Waals surface area contributed by atoms with Gasteiger partial charge in [0.2, 0.25) is 0 Å². The fraction of sp³-hybridized carbons (Fsp3) is 0.118. The lowest BCUT2D eigenvalue weighted by molar-refractivity contribution is 0.0691. The maximum Gasteiger partial charge on any atom is 0.358 e. The molecule has 116 valence electrons. The zero-order valence-electron chi connectivity index (χ0n) is 12.4. The van der Waals surface area contributed by atoms with Crippen LogP contribution in [-0.4, -0.2) is 26.1 Å². The van der Waals surface area contributed by atoms with Gasteiger partial charge in [-0.15, -0.1) is 5.10 Å². The van der Waals surface area contributed by atoms with Crippen LogP contribution in [0.1, 0.15) is 23.0 Å². The summed E-state index contributed by atoms with van der Waals surface area (Å²) >= 11 is 0. The van der Waals surface area contributed by atoms with Crippen molar-refractivity contribution in [2.24, 2.45) is 0 Å². The highest BCUT2D eigenvalue weighted by Gasteiger charge is 2.24. The molecule has 3 rings (SSSR count). The largest absolute Gasteiger partial charge is 0.476 e. The molecule has 0 radical (unpaired) electrons. The number of carboxylic acid groups (broad SMARTS) is 1. The summed E-state index contributed by atoms with van der Waals surface area (Å²) in [7, 11) is 0. The third kappa shape index (κ3) is 2.59. The van der Waals surface area contributed by atoms with Gasteiger partial charge in [0.25, 0.3) is 0 Å². The summed E-state index contributed by atoms with van der Waals surface area (Å²) in [4.78, 5) is 11.5. The topological polar surface area (TPSA) is 68.0 Å². The number of aromatic carboxylic acids is 1. The van der Waals surface area contributed by atoms with E-state index in [0.29, 0.717) is 5.69 Å². The van der Waals surface area contributed by atoms with E-state index in [1.165, 1.54) is 16.8 Å². The molecule has 23 heavy (non-hydrogen) atoms. The van der Waals surface area contributed by atoms with Gasteiger partial charge in [0, 0.05) is 5.56 Å². The van der Waals surface area contributed by atoms with Gasteiger partial charge in [-0.1, -0.05) is 42.5 Å². The summed E-state index contributed by atoms with van der Waals surface area (Å²) in [5.74, 6) is -1.77.